The van der Waals surface area contributed by atoms with E-state index in [1.165, 1.54) is 6.92 Å². The number of aliphatic hydroxyl groups is 3. The number of aromatic nitrogens is 4. The van der Waals surface area contributed by atoms with Gasteiger partial charge in [0.05, 0.1) is 19.3 Å². The minimum atomic E-state index is -5.94. The second-order valence-electron chi connectivity index (χ2n) is 9.64. The van der Waals surface area contributed by atoms with Crippen LogP contribution in [-0.2, 0) is 40.8 Å². The Balaban J connectivity index is 1.30. The number of hydrogen-bond donors (Lipinski definition) is 8. The van der Waals surface area contributed by atoms with Crippen LogP contribution in [0.15, 0.2) is 37.6 Å². The maximum atomic E-state index is 12.3. The Labute approximate surface area is 249 Å². The fourth-order valence-corrected chi connectivity index (χ4v) is 7.74. The lowest BCUT2D eigenvalue weighted by molar-refractivity contribution is -0.0543. The number of aromatic amines is 2. The van der Waals surface area contributed by atoms with Crippen LogP contribution in [0.5, 0.6) is 0 Å². The third-order valence-corrected chi connectivity index (χ3v) is 10.6. The second-order valence-corrected chi connectivity index (χ2v) is 14.3. The largest absolute Gasteiger partial charge is 0.490 e. The fourth-order valence-electron chi connectivity index (χ4n) is 4.22. The molecule has 0 saturated carbocycles. The number of hydrogen-bond acceptors (Lipinski definition) is 16. The van der Waals surface area contributed by atoms with E-state index in [-0.39, 0.29) is 12.0 Å². The van der Waals surface area contributed by atoms with Crippen LogP contribution in [0.4, 0.5) is 0 Å². The molecule has 2 saturated heterocycles. The van der Waals surface area contributed by atoms with Crippen LogP contribution in [-0.4, -0.2) is 92.8 Å². The number of aliphatic hydroxyl groups excluding tert-OH is 3. The van der Waals surface area contributed by atoms with Gasteiger partial charge in [-0.2, -0.15) is 8.62 Å². The van der Waals surface area contributed by atoms with E-state index in [0.717, 1.165) is 23.0 Å². The van der Waals surface area contributed by atoms with Crippen molar-refractivity contribution in [2.45, 2.75) is 56.3 Å². The predicted octanol–water partition coefficient (Wildman–Crippen LogP) is -2.97. The van der Waals surface area contributed by atoms with Crippen molar-refractivity contribution in [2.75, 3.05) is 13.2 Å². The molecule has 0 aliphatic carbocycles. The summed E-state index contributed by atoms with van der Waals surface area (Å²) in [5, 5.41) is 30.6. The highest BCUT2D eigenvalue weighted by molar-refractivity contribution is 7.66. The number of phosphoric ester groups is 2. The standard InChI is InChI=1S/C19H27N4O19P3/c1-8-5-23(19(30)21-16(8)28)13-4-9(24)10(39-13)6-37-43(31,32)41-45(35,36)42-44(33,34)38-7-11-14(26)15(27)17(40-11)22-3-2-12(25)20-18(22)29/h2-3,5,9-11,13-15,17,24,26-27H,4,6-7H2,1H3,(H,31,32)(H,33,34)(H,35,36)(H,20,25,29)(H,21,28,30)/t9-,10+,11+,13-,14+,15+,17+/m0/s1. The molecule has 2 aliphatic rings. The van der Waals surface area contributed by atoms with Crippen LogP contribution in [0, 0.1) is 6.92 Å². The zero-order valence-corrected chi connectivity index (χ0v) is 25.3. The highest BCUT2D eigenvalue weighted by atomic mass is 31.3. The maximum absolute atomic E-state index is 12.3. The van der Waals surface area contributed by atoms with Gasteiger partial charge in [-0.3, -0.25) is 37.7 Å². The summed E-state index contributed by atoms with van der Waals surface area (Å²) in [5.41, 5.74) is -3.19. The molecule has 0 amide bonds. The molecular formula is C19H27N4O19P3. The topological polar surface area (TPSA) is 338 Å². The molecule has 10 atom stereocenters. The number of aryl methyl sites for hydroxylation is 1. The van der Waals surface area contributed by atoms with Gasteiger partial charge in [0.25, 0.3) is 11.1 Å². The van der Waals surface area contributed by atoms with Crippen LogP contribution < -0.4 is 22.5 Å². The average Bonchev–Trinajstić information content (AvgIpc) is 3.41. The summed E-state index contributed by atoms with van der Waals surface area (Å²) < 4.78 is 65.9. The van der Waals surface area contributed by atoms with Crippen LogP contribution in [0.3, 0.4) is 0 Å². The van der Waals surface area contributed by atoms with E-state index in [0.29, 0.717) is 4.57 Å². The highest BCUT2D eigenvalue weighted by Gasteiger charge is 2.47. The van der Waals surface area contributed by atoms with Crippen molar-refractivity contribution in [3.05, 3.63) is 65.7 Å². The zero-order valence-electron chi connectivity index (χ0n) is 22.6. The van der Waals surface area contributed by atoms with E-state index in [1.54, 1.807) is 0 Å². The third-order valence-electron chi connectivity index (χ3n) is 6.34. The summed E-state index contributed by atoms with van der Waals surface area (Å²) in [7, 11) is -17.2. The summed E-state index contributed by atoms with van der Waals surface area (Å²) >= 11 is 0. The van der Waals surface area contributed by atoms with Crippen LogP contribution in [0.1, 0.15) is 24.4 Å². The molecule has 2 aromatic rings. The summed E-state index contributed by atoms with van der Waals surface area (Å²) in [6.07, 6.45) is -8.98. The number of nitrogens with one attached hydrogen (secondary N) is 2. The highest BCUT2D eigenvalue weighted by Crippen LogP contribution is 2.67. The quantitative estimate of drug-likeness (QED) is 0.102. The molecule has 26 heteroatoms. The lowest BCUT2D eigenvalue weighted by Crippen LogP contribution is -2.37. The average molecular weight is 708 g/mol. The first-order chi connectivity index (χ1) is 20.8. The van der Waals surface area contributed by atoms with Crippen molar-refractivity contribution in [2.24, 2.45) is 0 Å². The first-order valence-electron chi connectivity index (χ1n) is 12.5. The van der Waals surface area contributed by atoms with Crippen LogP contribution >= 0.6 is 23.5 Å². The van der Waals surface area contributed by atoms with Crippen LogP contribution in [0.25, 0.3) is 0 Å². The molecule has 4 rings (SSSR count). The minimum absolute atomic E-state index is 0.140. The molecule has 8 N–H and O–H groups in total. The molecule has 252 valence electrons. The molecule has 2 aromatic heterocycles. The Morgan fingerprint density at radius 3 is 2.02 bits per heavy atom. The number of phosphoric acid groups is 3. The Kier molecular flexibility index (Phi) is 10.5. The monoisotopic (exact) mass is 708 g/mol. The lowest BCUT2D eigenvalue weighted by Gasteiger charge is -2.21. The minimum Gasteiger partial charge on any atom is -0.390 e. The van der Waals surface area contributed by atoms with Gasteiger partial charge in [-0.15, -0.1) is 0 Å². The molecule has 2 aliphatic heterocycles. The molecule has 45 heavy (non-hydrogen) atoms. The normalized spacial score (nSPS) is 30.9. The van der Waals surface area contributed by atoms with Gasteiger partial charge in [0.15, 0.2) is 6.23 Å². The molecule has 23 nitrogen and oxygen atoms in total. The number of ether oxygens (including phenoxy) is 2. The Bertz CT molecular complexity index is 1790. The van der Waals surface area contributed by atoms with E-state index >= 15 is 0 Å². The maximum Gasteiger partial charge on any atom is 0.490 e. The van der Waals surface area contributed by atoms with Crippen molar-refractivity contribution >= 4 is 23.5 Å². The van der Waals surface area contributed by atoms with Crippen molar-refractivity contribution < 1.29 is 70.8 Å². The number of nitrogens with zero attached hydrogens (tertiary/aromatic N) is 2. The van der Waals surface area contributed by atoms with E-state index in [1.807, 2.05) is 9.97 Å². The Morgan fingerprint density at radius 1 is 0.844 bits per heavy atom. The zero-order chi connectivity index (χ0) is 33.5. The van der Waals surface area contributed by atoms with Gasteiger partial charge in [0.1, 0.15) is 30.6 Å². The van der Waals surface area contributed by atoms with Gasteiger partial charge < -0.3 is 39.5 Å². The predicted molar refractivity (Wildman–Crippen MR) is 141 cm³/mol. The second kappa shape index (κ2) is 13.4. The van der Waals surface area contributed by atoms with Crippen molar-refractivity contribution in [3.63, 3.8) is 0 Å². The molecule has 3 unspecified atom stereocenters. The summed E-state index contributed by atoms with van der Waals surface area (Å²) in [5.74, 6) is 0. The summed E-state index contributed by atoms with van der Waals surface area (Å²) in [4.78, 5) is 80.2. The van der Waals surface area contributed by atoms with Gasteiger partial charge >= 0.3 is 34.8 Å². The molecule has 0 bridgehead atoms. The lowest BCUT2D eigenvalue weighted by atomic mass is 10.1. The third kappa shape index (κ3) is 8.69. The van der Waals surface area contributed by atoms with Crippen molar-refractivity contribution in [1.82, 2.24) is 19.1 Å². The van der Waals surface area contributed by atoms with Gasteiger partial charge in [-0.25, -0.2) is 23.3 Å². The number of H-pyrrole nitrogens is 2. The van der Waals surface area contributed by atoms with E-state index in [2.05, 4.69) is 17.7 Å². The van der Waals surface area contributed by atoms with Gasteiger partial charge in [0.2, 0.25) is 0 Å². The molecule has 2 fully saturated rings. The molecule has 0 spiro atoms. The first-order valence-corrected chi connectivity index (χ1v) is 16.9. The molecule has 4 heterocycles. The first kappa shape index (κ1) is 35.4. The Hall–Kier alpha value is -2.43. The van der Waals surface area contributed by atoms with E-state index in [4.69, 9.17) is 9.47 Å². The van der Waals surface area contributed by atoms with Gasteiger partial charge in [-0.1, -0.05) is 0 Å². The number of rotatable bonds is 12. The SMILES string of the molecule is Cc1cn([C@@H]2C[C@H](O)[C@@H](COP(=O)(O)OP(=O)(O)OP(=O)(O)OC[C@H]3O[C@@H](n4ccc(=O)[nH]c4=O)[C@H](O)[C@@H]3O)O2)c(=O)[nH]c1=O. The van der Waals surface area contributed by atoms with Crippen molar-refractivity contribution in [1.29, 1.82) is 0 Å². The summed E-state index contributed by atoms with van der Waals surface area (Å²) in [6.45, 7) is -0.671. The molecule has 0 aromatic carbocycles. The fraction of sp³-hybridized carbons (Fsp3) is 0.579. The van der Waals surface area contributed by atoms with E-state index in [9.17, 15) is 62.9 Å². The van der Waals surface area contributed by atoms with Gasteiger partial charge in [0, 0.05) is 30.4 Å². The van der Waals surface area contributed by atoms with Gasteiger partial charge in [-0.05, 0) is 6.92 Å². The Morgan fingerprint density at radius 2 is 1.42 bits per heavy atom. The summed E-state index contributed by atoms with van der Waals surface area (Å²) in [6, 6.07) is 0.906. The smallest absolute Gasteiger partial charge is 0.390 e. The molecular weight excluding hydrogens is 681 g/mol. The molecule has 0 radical (unpaired) electrons. The van der Waals surface area contributed by atoms with Crippen molar-refractivity contribution in [3.8, 4) is 0 Å². The van der Waals surface area contributed by atoms with Crippen LogP contribution in [0.2, 0.25) is 0 Å². The van der Waals surface area contributed by atoms with E-state index < -0.39 is 102 Å².